The van der Waals surface area contributed by atoms with Crippen LogP contribution in [0.2, 0.25) is 0 Å². The van der Waals surface area contributed by atoms with E-state index in [1.807, 2.05) is 30.7 Å². The van der Waals surface area contributed by atoms with E-state index in [9.17, 15) is 5.26 Å². The molecule has 7 nitrogen and oxygen atoms in total. The van der Waals surface area contributed by atoms with Crippen molar-refractivity contribution in [2.75, 3.05) is 13.1 Å². The van der Waals surface area contributed by atoms with E-state index in [4.69, 9.17) is 5.10 Å². The summed E-state index contributed by atoms with van der Waals surface area (Å²) in [5, 5.41) is 22.2. The number of piperidine rings is 1. The van der Waals surface area contributed by atoms with Gasteiger partial charge in [-0.15, -0.1) is 0 Å². The first-order valence-corrected chi connectivity index (χ1v) is 10.8. The second kappa shape index (κ2) is 7.94. The Morgan fingerprint density at radius 1 is 1.27 bits per heavy atom. The molecular formula is C22H21N7S. The fourth-order valence-electron chi connectivity index (χ4n) is 4.04. The van der Waals surface area contributed by atoms with E-state index in [-0.39, 0.29) is 0 Å². The van der Waals surface area contributed by atoms with Crippen LogP contribution in [0.3, 0.4) is 0 Å². The molecule has 1 aliphatic rings. The van der Waals surface area contributed by atoms with Crippen LogP contribution in [0.5, 0.6) is 0 Å². The molecular weight excluding hydrogens is 394 g/mol. The molecule has 1 atom stereocenters. The smallest absolute Gasteiger partial charge is 0.103 e. The lowest BCUT2D eigenvalue weighted by Crippen LogP contribution is -2.32. The van der Waals surface area contributed by atoms with Crippen LogP contribution >= 0.6 is 11.8 Å². The number of rotatable bonds is 4. The van der Waals surface area contributed by atoms with Crippen LogP contribution in [0.4, 0.5) is 0 Å². The van der Waals surface area contributed by atoms with Crippen LogP contribution in [0.15, 0.2) is 59.0 Å². The van der Waals surface area contributed by atoms with Gasteiger partial charge in [0.15, 0.2) is 0 Å². The minimum absolute atomic E-state index is 0.385. The molecule has 1 fully saturated rings. The summed E-state index contributed by atoms with van der Waals surface area (Å²) >= 11 is 1.59. The van der Waals surface area contributed by atoms with Crippen LogP contribution in [0, 0.1) is 18.3 Å². The van der Waals surface area contributed by atoms with Gasteiger partial charge in [0, 0.05) is 51.7 Å². The lowest BCUT2D eigenvalue weighted by Gasteiger charge is -2.24. The minimum Gasteiger partial charge on any atom is -0.315 e. The van der Waals surface area contributed by atoms with Crippen molar-refractivity contribution in [1.29, 1.82) is 5.26 Å². The first-order chi connectivity index (χ1) is 14.7. The third-order valence-corrected chi connectivity index (χ3v) is 6.54. The Morgan fingerprint density at radius 2 is 2.20 bits per heavy atom. The Morgan fingerprint density at radius 3 is 2.97 bits per heavy atom. The average Bonchev–Trinajstić information content (AvgIpc) is 3.38. The maximum Gasteiger partial charge on any atom is 0.103 e. The minimum atomic E-state index is 0.385. The third kappa shape index (κ3) is 3.36. The number of fused-ring (bicyclic) bond motifs is 1. The maximum atomic E-state index is 9.55. The Hall–Kier alpha value is -3.15. The molecule has 0 aromatic carbocycles. The van der Waals surface area contributed by atoms with E-state index in [0.29, 0.717) is 11.6 Å². The van der Waals surface area contributed by atoms with Gasteiger partial charge < -0.3 is 5.32 Å². The van der Waals surface area contributed by atoms with Crippen molar-refractivity contribution in [3.8, 4) is 17.2 Å². The number of hydrogen-bond donors (Lipinski definition) is 1. The number of nitrogens with zero attached hydrogens (tertiary/aromatic N) is 6. The highest BCUT2D eigenvalue weighted by Gasteiger charge is 2.21. The Kier molecular flexibility index (Phi) is 4.99. The summed E-state index contributed by atoms with van der Waals surface area (Å²) in [6.45, 7) is 4.16. The molecule has 0 radical (unpaired) electrons. The molecule has 5 rings (SSSR count). The molecule has 0 spiro atoms. The Labute approximate surface area is 178 Å². The largest absolute Gasteiger partial charge is 0.315 e. The fraction of sp³-hybridized carbons (Fsp3) is 0.273. The number of hydrogen-bond acceptors (Lipinski definition) is 6. The van der Waals surface area contributed by atoms with Crippen LogP contribution in [0.1, 0.15) is 30.1 Å². The molecule has 30 heavy (non-hydrogen) atoms. The number of nitriles is 1. The summed E-state index contributed by atoms with van der Waals surface area (Å²) in [5.41, 5.74) is 4.65. The third-order valence-electron chi connectivity index (χ3n) is 5.53. The zero-order valence-corrected chi connectivity index (χ0v) is 17.4. The van der Waals surface area contributed by atoms with Gasteiger partial charge in [0.1, 0.15) is 6.07 Å². The molecule has 4 aromatic heterocycles. The zero-order chi connectivity index (χ0) is 20.5. The molecule has 1 N–H and O–H groups in total. The van der Waals surface area contributed by atoms with E-state index in [0.717, 1.165) is 51.6 Å². The zero-order valence-electron chi connectivity index (χ0n) is 16.6. The van der Waals surface area contributed by atoms with E-state index in [1.165, 1.54) is 6.42 Å². The number of nitrogens with one attached hydrogen (secondary N) is 1. The summed E-state index contributed by atoms with van der Waals surface area (Å²) in [7, 11) is 0. The summed E-state index contributed by atoms with van der Waals surface area (Å²) in [6.07, 6.45) is 11.4. The molecule has 5 heterocycles. The van der Waals surface area contributed by atoms with Gasteiger partial charge in [0.05, 0.1) is 29.5 Å². The number of aromatic nitrogens is 5. The molecule has 4 aromatic rings. The first kappa shape index (κ1) is 18.9. The molecule has 1 unspecified atom stereocenters. The van der Waals surface area contributed by atoms with Crippen molar-refractivity contribution in [3.63, 3.8) is 0 Å². The molecule has 0 aliphatic carbocycles. The lowest BCUT2D eigenvalue weighted by molar-refractivity contribution is 0.342. The van der Waals surface area contributed by atoms with Gasteiger partial charge in [0.25, 0.3) is 0 Å². The van der Waals surface area contributed by atoms with Crippen molar-refractivity contribution in [2.45, 2.75) is 35.6 Å². The molecule has 8 heteroatoms. The van der Waals surface area contributed by atoms with E-state index in [2.05, 4.69) is 39.1 Å². The Bertz CT molecular complexity index is 1230. The molecule has 1 aliphatic heterocycles. The van der Waals surface area contributed by atoms with Crippen molar-refractivity contribution in [1.82, 2.24) is 29.7 Å². The van der Waals surface area contributed by atoms with Gasteiger partial charge in [-0.3, -0.25) is 9.67 Å². The summed E-state index contributed by atoms with van der Waals surface area (Å²) < 4.78 is 3.94. The Balaban J connectivity index is 1.60. The van der Waals surface area contributed by atoms with Gasteiger partial charge in [-0.05, 0) is 44.5 Å². The second-order valence-corrected chi connectivity index (χ2v) is 8.55. The second-order valence-electron chi connectivity index (χ2n) is 7.44. The summed E-state index contributed by atoms with van der Waals surface area (Å²) in [6, 6.07) is 8.70. The molecule has 0 bridgehead atoms. The number of pyridine rings is 2. The van der Waals surface area contributed by atoms with Crippen LogP contribution in [-0.4, -0.2) is 37.5 Å². The van der Waals surface area contributed by atoms with Gasteiger partial charge in [-0.25, -0.2) is 4.52 Å². The van der Waals surface area contributed by atoms with Gasteiger partial charge in [-0.1, -0.05) is 11.8 Å². The van der Waals surface area contributed by atoms with Crippen LogP contribution < -0.4 is 5.32 Å². The highest BCUT2D eigenvalue weighted by molar-refractivity contribution is 7.99. The van der Waals surface area contributed by atoms with E-state index >= 15 is 0 Å². The van der Waals surface area contributed by atoms with Crippen LogP contribution in [-0.2, 0) is 0 Å². The van der Waals surface area contributed by atoms with E-state index in [1.54, 1.807) is 28.7 Å². The normalized spacial score (nSPS) is 16.6. The predicted octanol–water partition coefficient (Wildman–Crippen LogP) is 3.85. The summed E-state index contributed by atoms with van der Waals surface area (Å²) in [4.78, 5) is 6.20. The first-order valence-electron chi connectivity index (χ1n) is 9.99. The lowest BCUT2D eigenvalue weighted by atomic mass is 10.1. The van der Waals surface area contributed by atoms with Crippen molar-refractivity contribution in [3.05, 3.63) is 60.4 Å². The molecule has 0 amide bonds. The van der Waals surface area contributed by atoms with Crippen molar-refractivity contribution >= 4 is 17.3 Å². The average molecular weight is 416 g/mol. The SMILES string of the molecule is Cc1c(-c2cc(Sc3cccnc3)c3c(C#N)cnn3c2)cnn1C1CCCNC1. The van der Waals surface area contributed by atoms with Gasteiger partial charge in [0.2, 0.25) is 0 Å². The standard InChI is InChI=1S/C22H21N7S/c1-15-20(13-27-29(15)18-4-2-6-24-11-18)16-8-21(30-19-5-3-7-25-12-19)22-17(9-23)10-26-28(22)14-16/h3,5,7-8,10,12-14,18,24H,2,4,6,11H2,1H3. The summed E-state index contributed by atoms with van der Waals surface area (Å²) in [5.74, 6) is 0. The van der Waals surface area contributed by atoms with Crippen LogP contribution in [0.25, 0.3) is 16.6 Å². The topological polar surface area (TPSA) is 83.8 Å². The fourth-order valence-corrected chi connectivity index (χ4v) is 5.04. The molecule has 150 valence electrons. The highest BCUT2D eigenvalue weighted by atomic mass is 32.2. The highest BCUT2D eigenvalue weighted by Crippen LogP contribution is 2.36. The molecule has 0 saturated carbocycles. The van der Waals surface area contributed by atoms with Gasteiger partial charge >= 0.3 is 0 Å². The maximum absolute atomic E-state index is 9.55. The van der Waals surface area contributed by atoms with E-state index < -0.39 is 0 Å². The van der Waals surface area contributed by atoms with Crippen molar-refractivity contribution in [2.24, 2.45) is 0 Å². The monoisotopic (exact) mass is 415 g/mol. The predicted molar refractivity (Wildman–Crippen MR) is 115 cm³/mol. The quantitative estimate of drug-likeness (QED) is 0.545. The van der Waals surface area contributed by atoms with Crippen molar-refractivity contribution < 1.29 is 0 Å². The molecule has 1 saturated heterocycles. The van der Waals surface area contributed by atoms with Gasteiger partial charge in [-0.2, -0.15) is 15.5 Å².